The molecule has 0 saturated heterocycles. The first-order valence-corrected chi connectivity index (χ1v) is 8.75. The molecule has 3 nitrogen and oxygen atoms in total. The molecule has 0 heterocycles. The molecule has 0 fully saturated rings. The Morgan fingerprint density at radius 1 is 0.667 bits per heavy atom. The summed E-state index contributed by atoms with van der Waals surface area (Å²) in [4.78, 5) is 26.5. The maximum Gasteiger partial charge on any atom is 0.244 e. The number of hydrogen-bond acceptors (Lipinski definition) is 3. The van der Waals surface area contributed by atoms with Crippen molar-refractivity contribution in [2.45, 2.75) is 5.60 Å². The van der Waals surface area contributed by atoms with Gasteiger partial charge < -0.3 is 4.74 Å². The number of Topliss-reactive ketones (excluding diaryl/α,β-unsaturated/α-hetero) is 2. The monoisotopic (exact) mass is 354 g/mol. The van der Waals surface area contributed by atoms with Gasteiger partial charge in [0.1, 0.15) is 0 Å². The van der Waals surface area contributed by atoms with Crippen molar-refractivity contribution in [3.8, 4) is 0 Å². The highest BCUT2D eigenvalue weighted by Gasteiger charge is 2.55. The molecule has 0 amide bonds. The third-order valence-corrected chi connectivity index (χ3v) is 4.97. The molecule has 3 heteroatoms. The van der Waals surface area contributed by atoms with Crippen LogP contribution >= 0.6 is 0 Å². The second kappa shape index (κ2) is 6.78. The predicted molar refractivity (Wildman–Crippen MR) is 105 cm³/mol. The third-order valence-electron chi connectivity index (χ3n) is 4.97. The van der Waals surface area contributed by atoms with Crippen LogP contribution < -0.4 is 0 Å². The van der Waals surface area contributed by atoms with Gasteiger partial charge >= 0.3 is 0 Å². The quantitative estimate of drug-likeness (QED) is 0.657. The number of benzene rings is 3. The van der Waals surface area contributed by atoms with Gasteiger partial charge in [-0.2, -0.15) is 0 Å². The fourth-order valence-electron chi connectivity index (χ4n) is 3.77. The summed E-state index contributed by atoms with van der Waals surface area (Å²) in [5.41, 5.74) is 1.70. The zero-order chi connectivity index (χ0) is 18.9. The summed E-state index contributed by atoms with van der Waals surface area (Å²) in [7, 11) is 1.48. The summed E-state index contributed by atoms with van der Waals surface area (Å²) in [6, 6.07) is 28.0. The molecule has 0 bridgehead atoms. The Labute approximate surface area is 157 Å². The minimum Gasteiger partial charge on any atom is -0.360 e. The second-order valence-corrected chi connectivity index (χ2v) is 6.39. The molecule has 0 saturated carbocycles. The summed E-state index contributed by atoms with van der Waals surface area (Å²) < 4.78 is 5.86. The third kappa shape index (κ3) is 2.56. The molecule has 132 valence electrons. The minimum atomic E-state index is -1.45. The van der Waals surface area contributed by atoms with Crippen LogP contribution in [0.3, 0.4) is 0 Å². The standard InChI is InChI=1S/C24H18O3/c1-27-24(19-15-9-4-10-16-19)21(18-13-7-3-8-14-18)20(22(25)23(24)26)17-11-5-2-6-12-17/h2-16H,1H3/t24-/m0/s1. The van der Waals surface area contributed by atoms with Crippen molar-refractivity contribution in [1.82, 2.24) is 0 Å². The molecule has 4 rings (SSSR count). The lowest BCUT2D eigenvalue weighted by molar-refractivity contribution is -0.143. The van der Waals surface area contributed by atoms with E-state index in [0.29, 0.717) is 22.3 Å². The minimum absolute atomic E-state index is 0.400. The largest absolute Gasteiger partial charge is 0.360 e. The van der Waals surface area contributed by atoms with Crippen LogP contribution in [0.25, 0.3) is 11.1 Å². The Morgan fingerprint density at radius 3 is 1.67 bits per heavy atom. The van der Waals surface area contributed by atoms with Gasteiger partial charge in [0, 0.05) is 18.3 Å². The lowest BCUT2D eigenvalue weighted by Crippen LogP contribution is -2.38. The molecule has 1 aliphatic carbocycles. The molecule has 3 aromatic rings. The first-order valence-electron chi connectivity index (χ1n) is 8.75. The van der Waals surface area contributed by atoms with Crippen molar-refractivity contribution in [3.63, 3.8) is 0 Å². The number of allylic oxidation sites excluding steroid dienone is 1. The van der Waals surface area contributed by atoms with E-state index >= 15 is 0 Å². The molecular weight excluding hydrogens is 336 g/mol. The Balaban J connectivity index is 2.11. The highest BCUT2D eigenvalue weighted by Crippen LogP contribution is 2.50. The molecule has 0 spiro atoms. The van der Waals surface area contributed by atoms with Crippen LogP contribution in [-0.4, -0.2) is 18.7 Å². The van der Waals surface area contributed by atoms with Crippen molar-refractivity contribution in [1.29, 1.82) is 0 Å². The summed E-state index contributed by atoms with van der Waals surface area (Å²) in [6.07, 6.45) is 0. The number of carbonyl (C=O) groups excluding carboxylic acids is 2. The van der Waals surface area contributed by atoms with Crippen LogP contribution in [0.1, 0.15) is 16.7 Å². The topological polar surface area (TPSA) is 43.4 Å². The van der Waals surface area contributed by atoms with E-state index in [1.54, 1.807) is 0 Å². The van der Waals surface area contributed by atoms with Crippen LogP contribution in [0.2, 0.25) is 0 Å². The number of hydrogen-bond donors (Lipinski definition) is 0. The van der Waals surface area contributed by atoms with Crippen molar-refractivity contribution < 1.29 is 14.3 Å². The lowest BCUT2D eigenvalue weighted by atomic mass is 9.82. The Hall–Kier alpha value is -3.30. The lowest BCUT2D eigenvalue weighted by Gasteiger charge is -2.30. The van der Waals surface area contributed by atoms with Crippen LogP contribution in [0.5, 0.6) is 0 Å². The van der Waals surface area contributed by atoms with E-state index in [-0.39, 0.29) is 0 Å². The van der Waals surface area contributed by atoms with E-state index in [1.165, 1.54) is 7.11 Å². The fraction of sp³-hybridized carbons (Fsp3) is 0.0833. The van der Waals surface area contributed by atoms with Gasteiger partial charge in [0.2, 0.25) is 11.6 Å². The molecule has 27 heavy (non-hydrogen) atoms. The van der Waals surface area contributed by atoms with E-state index in [4.69, 9.17) is 4.74 Å². The van der Waals surface area contributed by atoms with Crippen LogP contribution in [0.4, 0.5) is 0 Å². The van der Waals surface area contributed by atoms with Gasteiger partial charge in [-0.1, -0.05) is 91.0 Å². The van der Waals surface area contributed by atoms with E-state index in [1.807, 2.05) is 91.0 Å². The average Bonchev–Trinajstić information content (AvgIpc) is 2.98. The zero-order valence-electron chi connectivity index (χ0n) is 14.9. The number of ether oxygens (including phenoxy) is 1. The summed E-state index contributed by atoms with van der Waals surface area (Å²) in [5, 5.41) is 0. The van der Waals surface area contributed by atoms with Crippen molar-refractivity contribution in [2.75, 3.05) is 7.11 Å². The normalized spacial score (nSPS) is 19.6. The van der Waals surface area contributed by atoms with Gasteiger partial charge in [0.25, 0.3) is 0 Å². The zero-order valence-corrected chi connectivity index (χ0v) is 14.9. The van der Waals surface area contributed by atoms with Gasteiger partial charge in [-0.3, -0.25) is 9.59 Å². The highest BCUT2D eigenvalue weighted by molar-refractivity contribution is 6.64. The molecule has 0 radical (unpaired) electrons. The maximum atomic E-state index is 13.3. The van der Waals surface area contributed by atoms with E-state index < -0.39 is 17.2 Å². The molecular formula is C24H18O3. The first kappa shape index (κ1) is 17.1. The van der Waals surface area contributed by atoms with E-state index in [9.17, 15) is 9.59 Å². The average molecular weight is 354 g/mol. The molecule has 0 aromatic heterocycles. The first-order chi connectivity index (χ1) is 13.2. The Kier molecular flexibility index (Phi) is 4.30. The highest BCUT2D eigenvalue weighted by atomic mass is 16.5. The Morgan fingerprint density at radius 2 is 1.15 bits per heavy atom. The van der Waals surface area contributed by atoms with Crippen LogP contribution in [-0.2, 0) is 19.9 Å². The second-order valence-electron chi connectivity index (χ2n) is 6.39. The summed E-state index contributed by atoms with van der Waals surface area (Å²) in [5.74, 6) is -1.08. The van der Waals surface area contributed by atoms with E-state index in [2.05, 4.69) is 0 Å². The van der Waals surface area contributed by atoms with Crippen molar-refractivity contribution >= 4 is 22.7 Å². The molecule has 0 N–H and O–H groups in total. The Bertz CT molecular complexity index is 1020. The summed E-state index contributed by atoms with van der Waals surface area (Å²) >= 11 is 0. The molecule has 1 aliphatic rings. The number of methoxy groups -OCH3 is 1. The van der Waals surface area contributed by atoms with Gasteiger partial charge in [-0.05, 0) is 16.7 Å². The molecule has 0 aliphatic heterocycles. The van der Waals surface area contributed by atoms with Gasteiger partial charge in [-0.15, -0.1) is 0 Å². The molecule has 0 unspecified atom stereocenters. The van der Waals surface area contributed by atoms with Crippen LogP contribution in [0.15, 0.2) is 91.0 Å². The van der Waals surface area contributed by atoms with E-state index in [0.717, 1.165) is 5.56 Å². The van der Waals surface area contributed by atoms with Gasteiger partial charge in [0.05, 0.1) is 0 Å². The van der Waals surface area contributed by atoms with Crippen molar-refractivity contribution in [2.24, 2.45) is 0 Å². The number of ketones is 2. The van der Waals surface area contributed by atoms with Gasteiger partial charge in [-0.25, -0.2) is 0 Å². The SMILES string of the molecule is CO[C@]1(c2ccccc2)C(=O)C(=O)C(c2ccccc2)=C1c1ccccc1. The smallest absolute Gasteiger partial charge is 0.244 e. The molecule has 3 aromatic carbocycles. The molecule has 1 atom stereocenters. The fourth-order valence-corrected chi connectivity index (χ4v) is 3.77. The predicted octanol–water partition coefficient (Wildman–Crippen LogP) is 4.29. The maximum absolute atomic E-state index is 13.3. The summed E-state index contributed by atoms with van der Waals surface area (Å²) in [6.45, 7) is 0. The van der Waals surface area contributed by atoms with Crippen LogP contribution in [0, 0.1) is 0 Å². The number of carbonyl (C=O) groups is 2. The number of rotatable bonds is 4. The van der Waals surface area contributed by atoms with Crippen molar-refractivity contribution in [3.05, 3.63) is 108 Å². The van der Waals surface area contributed by atoms with Gasteiger partial charge in [0.15, 0.2) is 5.60 Å².